The summed E-state index contributed by atoms with van der Waals surface area (Å²) in [5.41, 5.74) is 0.372. The molecule has 1 amide bonds. The number of rotatable bonds is 5. The van der Waals surface area contributed by atoms with E-state index in [2.05, 4.69) is 5.32 Å². The Labute approximate surface area is 116 Å². The van der Waals surface area contributed by atoms with Crippen LogP contribution in [0.2, 0.25) is 0 Å². The zero-order valence-electron chi connectivity index (χ0n) is 10.6. The molecule has 0 bridgehead atoms. The van der Waals surface area contributed by atoms with Gasteiger partial charge in [-0.15, -0.1) is 0 Å². The van der Waals surface area contributed by atoms with Crippen molar-refractivity contribution in [1.29, 1.82) is 0 Å². The second-order valence-electron chi connectivity index (χ2n) is 4.15. The molecular weight excluding hydrogens is 280 g/mol. The molecule has 1 aromatic heterocycles. The summed E-state index contributed by atoms with van der Waals surface area (Å²) in [5.74, 6) is 0.507. The van der Waals surface area contributed by atoms with Crippen molar-refractivity contribution in [2.24, 2.45) is 5.14 Å². The average molecular weight is 294 g/mol. The minimum Gasteiger partial charge on any atom is -0.469 e. The van der Waals surface area contributed by atoms with Gasteiger partial charge in [-0.05, 0) is 36.4 Å². The van der Waals surface area contributed by atoms with E-state index in [0.29, 0.717) is 18.5 Å². The molecule has 0 saturated heterocycles. The van der Waals surface area contributed by atoms with Crippen LogP contribution in [-0.4, -0.2) is 20.9 Å². The number of hydrogen-bond acceptors (Lipinski definition) is 4. The maximum absolute atomic E-state index is 11.8. The van der Waals surface area contributed by atoms with Crippen LogP contribution in [0.1, 0.15) is 16.1 Å². The van der Waals surface area contributed by atoms with Gasteiger partial charge in [-0.1, -0.05) is 0 Å². The van der Waals surface area contributed by atoms with Crippen LogP contribution in [0.3, 0.4) is 0 Å². The fraction of sp³-hybridized carbons (Fsp3) is 0.154. The second-order valence-corrected chi connectivity index (χ2v) is 5.72. The zero-order chi connectivity index (χ0) is 14.6. The van der Waals surface area contributed by atoms with Gasteiger partial charge in [0.1, 0.15) is 5.76 Å². The number of benzene rings is 1. The molecule has 0 saturated carbocycles. The topological polar surface area (TPSA) is 102 Å². The van der Waals surface area contributed by atoms with Gasteiger partial charge >= 0.3 is 0 Å². The van der Waals surface area contributed by atoms with E-state index in [4.69, 9.17) is 9.56 Å². The normalized spacial score (nSPS) is 11.2. The van der Waals surface area contributed by atoms with E-state index >= 15 is 0 Å². The molecule has 0 aliphatic rings. The molecule has 1 heterocycles. The molecule has 106 valence electrons. The number of carbonyl (C=O) groups excluding carboxylic acids is 1. The molecule has 20 heavy (non-hydrogen) atoms. The molecule has 0 aliphatic heterocycles. The minimum atomic E-state index is -3.74. The highest BCUT2D eigenvalue weighted by atomic mass is 32.2. The smallest absolute Gasteiger partial charge is 0.251 e. The molecular formula is C13H14N2O4S. The van der Waals surface area contributed by atoms with E-state index in [1.165, 1.54) is 24.3 Å². The average Bonchev–Trinajstić information content (AvgIpc) is 2.91. The van der Waals surface area contributed by atoms with E-state index < -0.39 is 10.0 Å². The zero-order valence-corrected chi connectivity index (χ0v) is 11.4. The van der Waals surface area contributed by atoms with Crippen LogP contribution in [0.5, 0.6) is 0 Å². The summed E-state index contributed by atoms with van der Waals surface area (Å²) in [4.78, 5) is 11.8. The number of amides is 1. The Morgan fingerprint density at radius 1 is 1.20 bits per heavy atom. The van der Waals surface area contributed by atoms with Gasteiger partial charge in [-0.25, -0.2) is 13.6 Å². The minimum absolute atomic E-state index is 0.0235. The van der Waals surface area contributed by atoms with Crippen LogP contribution in [0.25, 0.3) is 0 Å². The Bertz CT molecular complexity index is 676. The van der Waals surface area contributed by atoms with Crippen molar-refractivity contribution in [3.63, 3.8) is 0 Å². The van der Waals surface area contributed by atoms with Gasteiger partial charge in [0.15, 0.2) is 0 Å². The van der Waals surface area contributed by atoms with E-state index in [1.807, 2.05) is 6.07 Å². The maximum Gasteiger partial charge on any atom is 0.251 e. The van der Waals surface area contributed by atoms with E-state index in [1.54, 1.807) is 12.3 Å². The molecule has 0 spiro atoms. The van der Waals surface area contributed by atoms with Gasteiger partial charge < -0.3 is 9.73 Å². The Morgan fingerprint density at radius 2 is 1.90 bits per heavy atom. The largest absolute Gasteiger partial charge is 0.469 e. The van der Waals surface area contributed by atoms with Gasteiger partial charge in [0.2, 0.25) is 10.0 Å². The molecule has 3 N–H and O–H groups in total. The fourth-order valence-electron chi connectivity index (χ4n) is 1.65. The molecule has 0 atom stereocenters. The predicted octanol–water partition coefficient (Wildman–Crippen LogP) is 0.899. The molecule has 2 aromatic rings. The molecule has 7 heteroatoms. The van der Waals surface area contributed by atoms with Crippen LogP contribution in [-0.2, 0) is 16.4 Å². The lowest BCUT2D eigenvalue weighted by atomic mass is 10.2. The fourth-order valence-corrected chi connectivity index (χ4v) is 2.17. The number of furan rings is 1. The van der Waals surface area contributed by atoms with Gasteiger partial charge in [0.25, 0.3) is 5.91 Å². The van der Waals surface area contributed by atoms with Crippen molar-refractivity contribution in [2.75, 3.05) is 6.54 Å². The summed E-state index contributed by atoms with van der Waals surface area (Å²) in [5, 5.41) is 7.69. The van der Waals surface area contributed by atoms with E-state index in [-0.39, 0.29) is 10.8 Å². The van der Waals surface area contributed by atoms with Gasteiger partial charge in [-0.3, -0.25) is 4.79 Å². The maximum atomic E-state index is 11.8. The van der Waals surface area contributed by atoms with Crippen LogP contribution in [0.4, 0.5) is 0 Å². The number of primary sulfonamides is 1. The standard InChI is InChI=1S/C13H14N2O4S/c14-20(17,18)12-5-3-10(4-6-12)13(16)15-8-7-11-2-1-9-19-11/h1-6,9H,7-8H2,(H,15,16)(H2,14,17,18). The van der Waals surface area contributed by atoms with Gasteiger partial charge in [-0.2, -0.15) is 0 Å². The highest BCUT2D eigenvalue weighted by Gasteiger charge is 2.10. The molecule has 0 radical (unpaired) electrons. The first kappa shape index (κ1) is 14.3. The molecule has 0 unspecified atom stereocenters. The summed E-state index contributed by atoms with van der Waals surface area (Å²) in [6.45, 7) is 0.434. The first-order valence-corrected chi connectivity index (χ1v) is 7.45. The van der Waals surface area contributed by atoms with Crippen molar-refractivity contribution in [1.82, 2.24) is 5.32 Å². The van der Waals surface area contributed by atoms with Gasteiger partial charge in [0.05, 0.1) is 11.2 Å². The van der Waals surface area contributed by atoms with Crippen molar-refractivity contribution < 1.29 is 17.6 Å². The number of carbonyl (C=O) groups is 1. The van der Waals surface area contributed by atoms with Crippen LogP contribution in [0, 0.1) is 0 Å². The first-order chi connectivity index (χ1) is 9.47. The lowest BCUT2D eigenvalue weighted by molar-refractivity contribution is 0.0953. The monoisotopic (exact) mass is 294 g/mol. The van der Waals surface area contributed by atoms with Crippen LogP contribution >= 0.6 is 0 Å². The first-order valence-electron chi connectivity index (χ1n) is 5.90. The van der Waals surface area contributed by atoms with E-state index in [0.717, 1.165) is 5.76 Å². The highest BCUT2D eigenvalue weighted by molar-refractivity contribution is 7.89. The summed E-state index contributed by atoms with van der Waals surface area (Å²) >= 11 is 0. The molecule has 0 aliphatic carbocycles. The molecule has 2 rings (SSSR count). The second kappa shape index (κ2) is 5.89. The lowest BCUT2D eigenvalue weighted by Gasteiger charge is -2.05. The van der Waals surface area contributed by atoms with Gasteiger partial charge in [0, 0.05) is 18.5 Å². The molecule has 1 aromatic carbocycles. The highest BCUT2D eigenvalue weighted by Crippen LogP contribution is 2.08. The Morgan fingerprint density at radius 3 is 2.45 bits per heavy atom. The van der Waals surface area contributed by atoms with Crippen molar-refractivity contribution in [3.05, 3.63) is 54.0 Å². The number of hydrogen-bond donors (Lipinski definition) is 2. The molecule has 6 nitrogen and oxygen atoms in total. The Hall–Kier alpha value is -2.12. The van der Waals surface area contributed by atoms with Crippen LogP contribution < -0.4 is 10.5 Å². The summed E-state index contributed by atoms with van der Waals surface area (Å²) in [7, 11) is -3.74. The van der Waals surface area contributed by atoms with E-state index in [9.17, 15) is 13.2 Å². The summed E-state index contributed by atoms with van der Waals surface area (Å²) in [6, 6.07) is 9.05. The molecule has 0 fully saturated rings. The van der Waals surface area contributed by atoms with Crippen LogP contribution in [0.15, 0.2) is 52.0 Å². The summed E-state index contributed by atoms with van der Waals surface area (Å²) < 4.78 is 27.3. The number of sulfonamides is 1. The third-order valence-electron chi connectivity index (χ3n) is 2.68. The Kier molecular flexibility index (Phi) is 4.21. The third-order valence-corrected chi connectivity index (χ3v) is 3.61. The van der Waals surface area contributed by atoms with Crippen molar-refractivity contribution in [3.8, 4) is 0 Å². The number of nitrogens with one attached hydrogen (secondary N) is 1. The quantitative estimate of drug-likeness (QED) is 0.855. The van der Waals surface area contributed by atoms with Crippen molar-refractivity contribution in [2.45, 2.75) is 11.3 Å². The Balaban J connectivity index is 1.92. The predicted molar refractivity (Wildman–Crippen MR) is 72.6 cm³/mol. The SMILES string of the molecule is NS(=O)(=O)c1ccc(C(=O)NCCc2ccco2)cc1. The number of nitrogens with two attached hydrogens (primary N) is 1. The summed E-state index contributed by atoms with van der Waals surface area (Å²) in [6.07, 6.45) is 2.16. The third kappa shape index (κ3) is 3.69. The van der Waals surface area contributed by atoms with Crippen molar-refractivity contribution >= 4 is 15.9 Å². The lowest BCUT2D eigenvalue weighted by Crippen LogP contribution is -2.25.